The Balaban J connectivity index is 1.80. The number of thioether (sulfide) groups is 1. The molecule has 90 valence electrons. The smallest absolute Gasteiger partial charge is 0.0897 e. The van der Waals surface area contributed by atoms with Crippen molar-refractivity contribution in [1.29, 1.82) is 0 Å². The molecule has 2 unspecified atom stereocenters. The van der Waals surface area contributed by atoms with Gasteiger partial charge in [-0.3, -0.25) is 0 Å². The van der Waals surface area contributed by atoms with Gasteiger partial charge < -0.3 is 5.32 Å². The molecule has 1 aromatic rings. The molecule has 1 N–H and O–H groups in total. The van der Waals surface area contributed by atoms with Crippen molar-refractivity contribution in [2.45, 2.75) is 50.9 Å². The van der Waals surface area contributed by atoms with Crippen LogP contribution in [0.25, 0.3) is 0 Å². The monoisotopic (exact) mass is 256 g/mol. The van der Waals surface area contributed by atoms with Crippen molar-refractivity contribution in [3.05, 3.63) is 16.1 Å². The van der Waals surface area contributed by atoms with Crippen LogP contribution >= 0.6 is 23.1 Å². The molecule has 1 saturated carbocycles. The molecule has 0 aliphatic heterocycles. The second-order valence-electron chi connectivity index (χ2n) is 4.27. The predicted molar refractivity (Wildman–Crippen MR) is 73.2 cm³/mol. The minimum absolute atomic E-state index is 0.701. The number of thiazole rings is 1. The number of hydrogen-bond donors (Lipinski definition) is 1. The minimum atomic E-state index is 0.701. The summed E-state index contributed by atoms with van der Waals surface area (Å²) in [6.45, 7) is 5.26. The molecule has 4 heteroatoms. The van der Waals surface area contributed by atoms with Gasteiger partial charge in [0.1, 0.15) is 0 Å². The van der Waals surface area contributed by atoms with E-state index in [2.05, 4.69) is 41.3 Å². The van der Waals surface area contributed by atoms with Crippen molar-refractivity contribution in [3.8, 4) is 0 Å². The van der Waals surface area contributed by atoms with E-state index in [1.54, 1.807) is 11.3 Å². The third kappa shape index (κ3) is 3.22. The Morgan fingerprint density at radius 3 is 3.12 bits per heavy atom. The van der Waals surface area contributed by atoms with Crippen LogP contribution in [-0.4, -0.2) is 22.0 Å². The molecule has 0 spiro atoms. The highest BCUT2D eigenvalue weighted by Gasteiger charge is 2.26. The highest BCUT2D eigenvalue weighted by molar-refractivity contribution is 7.99. The number of nitrogens with one attached hydrogen (secondary N) is 1. The number of aromatic nitrogens is 1. The molecule has 1 aliphatic rings. The largest absolute Gasteiger partial charge is 0.307 e. The van der Waals surface area contributed by atoms with Crippen molar-refractivity contribution in [3.63, 3.8) is 0 Å². The summed E-state index contributed by atoms with van der Waals surface area (Å²) in [5.41, 5.74) is 1.20. The molecule has 2 nitrogen and oxygen atoms in total. The van der Waals surface area contributed by atoms with Crippen molar-refractivity contribution < 1.29 is 0 Å². The summed E-state index contributed by atoms with van der Waals surface area (Å²) >= 11 is 3.85. The van der Waals surface area contributed by atoms with Crippen LogP contribution in [0.2, 0.25) is 0 Å². The summed E-state index contributed by atoms with van der Waals surface area (Å²) in [4.78, 5) is 4.49. The predicted octanol–water partition coefficient (Wildman–Crippen LogP) is 3.22. The molecule has 2 atom stereocenters. The van der Waals surface area contributed by atoms with Gasteiger partial charge in [0.05, 0.1) is 10.7 Å². The van der Waals surface area contributed by atoms with E-state index in [4.69, 9.17) is 0 Å². The van der Waals surface area contributed by atoms with Gasteiger partial charge in [0.15, 0.2) is 0 Å². The summed E-state index contributed by atoms with van der Waals surface area (Å²) < 4.78 is 0. The molecule has 1 aromatic heterocycles. The van der Waals surface area contributed by atoms with Crippen LogP contribution in [0.15, 0.2) is 5.38 Å². The summed E-state index contributed by atoms with van der Waals surface area (Å²) in [6, 6.07) is 0.701. The van der Waals surface area contributed by atoms with Gasteiger partial charge in [0.25, 0.3) is 0 Å². The Hall–Kier alpha value is -0.0600. The summed E-state index contributed by atoms with van der Waals surface area (Å²) in [7, 11) is 0. The normalized spacial score (nSPS) is 25.1. The first-order valence-corrected chi connectivity index (χ1v) is 7.98. The van der Waals surface area contributed by atoms with Gasteiger partial charge in [-0.05, 0) is 25.5 Å². The quantitative estimate of drug-likeness (QED) is 0.875. The topological polar surface area (TPSA) is 24.9 Å². The number of aryl methyl sites for hydroxylation is 1. The first kappa shape index (κ1) is 12.4. The Morgan fingerprint density at radius 2 is 2.44 bits per heavy atom. The van der Waals surface area contributed by atoms with Crippen LogP contribution in [-0.2, 0) is 6.54 Å². The zero-order valence-corrected chi connectivity index (χ0v) is 11.7. The van der Waals surface area contributed by atoms with Crippen molar-refractivity contribution in [2.24, 2.45) is 0 Å². The van der Waals surface area contributed by atoms with Crippen LogP contribution in [0.5, 0.6) is 0 Å². The van der Waals surface area contributed by atoms with E-state index in [-0.39, 0.29) is 0 Å². The zero-order chi connectivity index (χ0) is 11.4. The number of nitrogens with zero attached hydrogens (tertiary/aromatic N) is 1. The summed E-state index contributed by atoms with van der Waals surface area (Å²) in [5.74, 6) is 1.23. The van der Waals surface area contributed by atoms with Crippen molar-refractivity contribution >= 4 is 23.1 Å². The van der Waals surface area contributed by atoms with Gasteiger partial charge in [0, 0.05) is 23.2 Å². The second-order valence-corrected chi connectivity index (χ2v) is 6.85. The maximum atomic E-state index is 4.49. The highest BCUT2D eigenvalue weighted by Crippen LogP contribution is 2.30. The molecule has 1 aliphatic carbocycles. The molecule has 0 aromatic carbocycles. The van der Waals surface area contributed by atoms with Gasteiger partial charge in [-0.15, -0.1) is 11.3 Å². The fraction of sp³-hybridized carbons (Fsp3) is 0.750. The van der Waals surface area contributed by atoms with Gasteiger partial charge in [-0.25, -0.2) is 4.98 Å². The van der Waals surface area contributed by atoms with Crippen LogP contribution < -0.4 is 5.32 Å². The van der Waals surface area contributed by atoms with Crippen LogP contribution in [0.3, 0.4) is 0 Å². The van der Waals surface area contributed by atoms with Gasteiger partial charge in [-0.1, -0.05) is 13.3 Å². The average Bonchev–Trinajstić information content (AvgIpc) is 2.85. The lowest BCUT2D eigenvalue weighted by atomic mass is 10.2. The first-order valence-electron chi connectivity index (χ1n) is 6.05. The van der Waals surface area contributed by atoms with Gasteiger partial charge >= 0.3 is 0 Å². The lowest BCUT2D eigenvalue weighted by Gasteiger charge is -2.19. The summed E-state index contributed by atoms with van der Waals surface area (Å²) in [6.07, 6.45) is 4.10. The SMILES string of the molecule is CCSC1CCCC1NCc1csc(C)n1. The minimum Gasteiger partial charge on any atom is -0.307 e. The molecular weight excluding hydrogens is 236 g/mol. The third-order valence-electron chi connectivity index (χ3n) is 3.05. The Labute approximate surface area is 106 Å². The van der Waals surface area contributed by atoms with Crippen LogP contribution in [0.4, 0.5) is 0 Å². The molecule has 1 fully saturated rings. The molecule has 0 bridgehead atoms. The van der Waals surface area contributed by atoms with E-state index in [1.165, 1.54) is 35.7 Å². The Bertz CT molecular complexity index is 325. The third-order valence-corrected chi connectivity index (χ3v) is 5.19. The first-order chi connectivity index (χ1) is 7.79. The second kappa shape index (κ2) is 6.03. The molecule has 1 heterocycles. The Morgan fingerprint density at radius 1 is 1.56 bits per heavy atom. The van der Waals surface area contributed by atoms with Crippen molar-refractivity contribution in [2.75, 3.05) is 5.75 Å². The fourth-order valence-electron chi connectivity index (χ4n) is 2.30. The van der Waals surface area contributed by atoms with E-state index in [9.17, 15) is 0 Å². The van der Waals surface area contributed by atoms with E-state index in [0.29, 0.717) is 6.04 Å². The van der Waals surface area contributed by atoms with E-state index in [0.717, 1.165) is 11.8 Å². The zero-order valence-electron chi connectivity index (χ0n) is 10.0. The standard InChI is InChI=1S/C12H20N2S2/c1-3-15-12-6-4-5-11(12)13-7-10-8-16-9(2)14-10/h8,11-13H,3-7H2,1-2H3. The number of rotatable bonds is 5. The average molecular weight is 256 g/mol. The lowest BCUT2D eigenvalue weighted by Crippen LogP contribution is -2.33. The molecule has 2 rings (SSSR count). The molecule has 16 heavy (non-hydrogen) atoms. The molecule has 0 amide bonds. The number of hydrogen-bond acceptors (Lipinski definition) is 4. The fourth-order valence-corrected chi connectivity index (χ4v) is 4.14. The maximum Gasteiger partial charge on any atom is 0.0897 e. The highest BCUT2D eigenvalue weighted by atomic mass is 32.2. The Kier molecular flexibility index (Phi) is 4.67. The van der Waals surface area contributed by atoms with Crippen molar-refractivity contribution in [1.82, 2.24) is 10.3 Å². The molecule has 0 radical (unpaired) electrons. The van der Waals surface area contributed by atoms with E-state index >= 15 is 0 Å². The molecular formula is C12H20N2S2. The van der Waals surface area contributed by atoms with E-state index in [1.807, 2.05) is 0 Å². The van der Waals surface area contributed by atoms with Gasteiger partial charge in [-0.2, -0.15) is 11.8 Å². The summed E-state index contributed by atoms with van der Waals surface area (Å²) in [5, 5.41) is 7.83. The maximum absolute atomic E-state index is 4.49. The van der Waals surface area contributed by atoms with Gasteiger partial charge in [0.2, 0.25) is 0 Å². The van der Waals surface area contributed by atoms with Crippen LogP contribution in [0, 0.1) is 6.92 Å². The molecule has 0 saturated heterocycles. The lowest BCUT2D eigenvalue weighted by molar-refractivity contribution is 0.528. The van der Waals surface area contributed by atoms with E-state index < -0.39 is 0 Å². The van der Waals surface area contributed by atoms with Crippen LogP contribution in [0.1, 0.15) is 36.9 Å².